The normalized spacial score (nSPS) is 23.7. The second-order valence-corrected chi connectivity index (χ2v) is 5.51. The zero-order valence-electron chi connectivity index (χ0n) is 11.4. The molecule has 2 heterocycles. The van der Waals surface area contributed by atoms with E-state index in [0.29, 0.717) is 4.68 Å². The Morgan fingerprint density at radius 3 is 2.68 bits per heavy atom. The zero-order valence-corrected chi connectivity index (χ0v) is 11.4. The number of fused-ring (bicyclic) bond motifs is 2. The number of benzene rings is 1. The van der Waals surface area contributed by atoms with Crippen LogP contribution in [0.25, 0.3) is 10.9 Å². The molecule has 1 fully saturated rings. The summed E-state index contributed by atoms with van der Waals surface area (Å²) in [6.07, 6.45) is 0.676. The Balaban J connectivity index is 1.98. The van der Waals surface area contributed by atoms with E-state index in [1.807, 2.05) is 12.2 Å². The van der Waals surface area contributed by atoms with Crippen molar-refractivity contribution in [2.45, 2.75) is 31.1 Å². The van der Waals surface area contributed by atoms with Gasteiger partial charge in [-0.2, -0.15) is 17.8 Å². The fourth-order valence-electron chi connectivity index (χ4n) is 3.11. The van der Waals surface area contributed by atoms with E-state index in [0.717, 1.165) is 12.8 Å². The molecule has 1 saturated heterocycles. The van der Waals surface area contributed by atoms with Crippen molar-refractivity contribution >= 4 is 10.9 Å². The molecule has 2 aromatic rings. The molecule has 0 spiro atoms. The first-order valence-corrected chi connectivity index (χ1v) is 7.03. The lowest BCUT2D eigenvalue weighted by molar-refractivity contribution is -0.147. The quantitative estimate of drug-likeness (QED) is 0.600. The first-order valence-electron chi connectivity index (χ1n) is 7.03. The Hall–Kier alpha value is -2.31. The van der Waals surface area contributed by atoms with E-state index in [1.54, 1.807) is 12.1 Å². The number of halogens is 3. The summed E-state index contributed by atoms with van der Waals surface area (Å²) in [6, 6.07) is 5.93. The second kappa shape index (κ2) is 4.34. The zero-order chi connectivity index (χ0) is 15.5. The largest absolute Gasteiger partial charge is 0.451 e. The summed E-state index contributed by atoms with van der Waals surface area (Å²) in [5.74, 6) is -1.15. The van der Waals surface area contributed by atoms with Crippen LogP contribution in [0.5, 0.6) is 0 Å². The Morgan fingerprint density at radius 2 is 2.00 bits per heavy atom. The third-order valence-electron chi connectivity index (χ3n) is 4.15. The predicted molar refractivity (Wildman–Crippen MR) is 75.2 cm³/mol. The minimum atomic E-state index is -4.68. The smallest absolute Gasteiger partial charge is 0.294 e. The molecule has 0 N–H and O–H groups in total. The lowest BCUT2D eigenvalue weighted by Crippen LogP contribution is -2.37. The predicted octanol–water partition coefficient (Wildman–Crippen LogP) is 2.45. The molecule has 4 rings (SSSR count). The van der Waals surface area contributed by atoms with Crippen LogP contribution in [0.3, 0.4) is 0 Å². The highest BCUT2D eigenvalue weighted by Gasteiger charge is 2.51. The molecule has 0 radical (unpaired) electrons. The highest BCUT2D eigenvalue weighted by molar-refractivity contribution is 5.77. The third kappa shape index (κ3) is 1.84. The van der Waals surface area contributed by atoms with Crippen molar-refractivity contribution in [1.29, 1.82) is 0 Å². The van der Waals surface area contributed by atoms with Crippen molar-refractivity contribution in [3.05, 3.63) is 52.6 Å². The number of hydrogen-bond donors (Lipinski definition) is 0. The van der Waals surface area contributed by atoms with E-state index in [9.17, 15) is 18.0 Å². The number of nitrogens with zero attached hydrogens (tertiary/aromatic N) is 3. The van der Waals surface area contributed by atoms with Crippen molar-refractivity contribution < 1.29 is 13.2 Å². The summed E-state index contributed by atoms with van der Waals surface area (Å²) in [4.78, 5) is 16.3. The lowest BCUT2D eigenvalue weighted by atomic mass is 10.1. The van der Waals surface area contributed by atoms with Gasteiger partial charge in [0.15, 0.2) is 0 Å². The van der Waals surface area contributed by atoms with E-state index in [4.69, 9.17) is 0 Å². The minimum absolute atomic E-state index is 0.0493. The summed E-state index contributed by atoms with van der Waals surface area (Å²) in [5.41, 5.74) is -0.600. The topological polar surface area (TPSA) is 37.9 Å². The molecule has 1 aliphatic heterocycles. The van der Waals surface area contributed by atoms with Crippen molar-refractivity contribution in [3.63, 3.8) is 0 Å². The molecule has 2 atom stereocenters. The van der Waals surface area contributed by atoms with E-state index in [2.05, 4.69) is 4.98 Å². The van der Waals surface area contributed by atoms with Gasteiger partial charge in [0.25, 0.3) is 5.56 Å². The summed E-state index contributed by atoms with van der Waals surface area (Å²) < 4.78 is 40.8. The van der Waals surface area contributed by atoms with Gasteiger partial charge in [-0.05, 0) is 25.0 Å². The maximum atomic E-state index is 13.4. The van der Waals surface area contributed by atoms with E-state index in [1.165, 1.54) is 17.1 Å². The van der Waals surface area contributed by atoms with E-state index in [-0.39, 0.29) is 23.0 Å². The molecule has 0 saturated carbocycles. The molecule has 0 amide bonds. The molecular weight excluding hydrogens is 295 g/mol. The van der Waals surface area contributed by atoms with Crippen LogP contribution in [-0.2, 0) is 6.18 Å². The molecule has 4 nitrogen and oxygen atoms in total. The van der Waals surface area contributed by atoms with Gasteiger partial charge in [0.1, 0.15) is 0 Å². The highest BCUT2D eigenvalue weighted by atomic mass is 19.4. The van der Waals surface area contributed by atoms with Crippen LogP contribution in [0.15, 0.2) is 41.2 Å². The Bertz CT molecular complexity index is 840. The molecule has 114 valence electrons. The van der Waals surface area contributed by atoms with Crippen LogP contribution in [0.4, 0.5) is 13.2 Å². The van der Waals surface area contributed by atoms with Crippen LogP contribution in [0.2, 0.25) is 0 Å². The highest BCUT2D eigenvalue weighted by Crippen LogP contribution is 2.37. The van der Waals surface area contributed by atoms with Crippen molar-refractivity contribution in [2.24, 2.45) is 0 Å². The van der Waals surface area contributed by atoms with Crippen LogP contribution in [0, 0.1) is 0 Å². The number of rotatable bonds is 1. The molecule has 1 aromatic heterocycles. The molecule has 1 aliphatic carbocycles. The second-order valence-electron chi connectivity index (χ2n) is 5.51. The number of hydrogen-bond acceptors (Lipinski definition) is 3. The molecule has 22 heavy (non-hydrogen) atoms. The molecule has 7 heteroatoms. The number of aromatic nitrogens is 2. The molecule has 1 aromatic carbocycles. The van der Waals surface area contributed by atoms with Gasteiger partial charge in [0.2, 0.25) is 5.82 Å². The van der Waals surface area contributed by atoms with Gasteiger partial charge < -0.3 is 0 Å². The fourth-order valence-corrected chi connectivity index (χ4v) is 3.11. The monoisotopic (exact) mass is 307 g/mol. The minimum Gasteiger partial charge on any atom is -0.294 e. The van der Waals surface area contributed by atoms with Gasteiger partial charge in [0, 0.05) is 0 Å². The summed E-state index contributed by atoms with van der Waals surface area (Å²) in [5, 5.41) is 1.68. The number of alkyl halides is 3. The Kier molecular flexibility index (Phi) is 2.64. The van der Waals surface area contributed by atoms with Gasteiger partial charge in [-0.25, -0.2) is 4.98 Å². The summed E-state index contributed by atoms with van der Waals surface area (Å²) in [6.45, 7) is 0. The van der Waals surface area contributed by atoms with Crippen LogP contribution >= 0.6 is 0 Å². The van der Waals surface area contributed by atoms with Gasteiger partial charge >= 0.3 is 6.18 Å². The maximum Gasteiger partial charge on any atom is 0.451 e. The average Bonchev–Trinajstić information content (AvgIpc) is 3.20. The van der Waals surface area contributed by atoms with E-state index < -0.39 is 17.6 Å². The van der Waals surface area contributed by atoms with E-state index >= 15 is 0 Å². The summed E-state index contributed by atoms with van der Waals surface area (Å²) in [7, 11) is 0. The van der Waals surface area contributed by atoms with Crippen LogP contribution in [-0.4, -0.2) is 21.7 Å². The van der Waals surface area contributed by atoms with Crippen LogP contribution in [0.1, 0.15) is 18.7 Å². The Labute approximate surface area is 123 Å². The lowest BCUT2D eigenvalue weighted by Gasteiger charge is -2.17. The number of para-hydroxylation sites is 1. The first-order chi connectivity index (χ1) is 10.5. The van der Waals surface area contributed by atoms with Crippen molar-refractivity contribution in [3.8, 4) is 0 Å². The standard InChI is InChI=1S/C15H12F3N3O/c16-15(17,18)14-19-10-6-2-1-5-9(10)13(22)21(14)20-11-7-3-4-8-12(11)20/h1-3,5-7,11-12H,4,8H2. The van der Waals surface area contributed by atoms with Crippen LogP contribution < -0.4 is 10.6 Å². The third-order valence-corrected chi connectivity index (χ3v) is 4.15. The average molecular weight is 307 g/mol. The first kappa shape index (κ1) is 13.4. The molecular formula is C15H12F3N3O. The summed E-state index contributed by atoms with van der Waals surface area (Å²) >= 11 is 0. The maximum absolute atomic E-state index is 13.4. The van der Waals surface area contributed by atoms with Gasteiger partial charge in [0.05, 0.1) is 23.0 Å². The fraction of sp³-hybridized carbons (Fsp3) is 0.333. The van der Waals surface area contributed by atoms with Crippen molar-refractivity contribution in [2.75, 3.05) is 5.01 Å². The molecule has 2 unspecified atom stereocenters. The molecule has 0 bridgehead atoms. The Morgan fingerprint density at radius 1 is 1.23 bits per heavy atom. The SMILES string of the molecule is O=c1c2ccccc2nc(C(F)(F)F)n1N1C2C=CCCC21. The molecule has 2 aliphatic rings. The van der Waals surface area contributed by atoms with Gasteiger partial charge in [-0.3, -0.25) is 9.80 Å². The van der Waals surface area contributed by atoms with Crippen molar-refractivity contribution in [1.82, 2.24) is 9.66 Å². The number of allylic oxidation sites excluding steroid dienone is 1. The van der Waals surface area contributed by atoms with Gasteiger partial charge in [-0.1, -0.05) is 24.3 Å². The van der Waals surface area contributed by atoms with Gasteiger partial charge in [-0.15, -0.1) is 0 Å².